The second kappa shape index (κ2) is 7.36. The first-order valence-corrected chi connectivity index (χ1v) is 6.97. The third kappa shape index (κ3) is 3.91. The van der Waals surface area contributed by atoms with Crippen molar-refractivity contribution >= 4 is 11.8 Å². The van der Waals surface area contributed by atoms with Crippen molar-refractivity contribution in [3.63, 3.8) is 0 Å². The summed E-state index contributed by atoms with van der Waals surface area (Å²) < 4.78 is 11.7. The molecule has 0 N–H and O–H groups in total. The number of carbonyl (C=O) groups excluding carboxylic acids is 2. The first-order chi connectivity index (χ1) is 10.6. The molecule has 22 heavy (non-hydrogen) atoms. The number of pyridine rings is 1. The number of hydrogen-bond acceptors (Lipinski definition) is 4. The molecule has 0 atom stereocenters. The minimum Gasteiger partial charge on any atom is -0.497 e. The Kier molecular flexibility index (Phi) is 5.25. The molecule has 0 aliphatic carbocycles. The average molecular weight is 300 g/mol. The molecule has 5 heteroatoms. The van der Waals surface area contributed by atoms with Gasteiger partial charge in [0.15, 0.2) is 12.4 Å². The maximum atomic E-state index is 12.2. The van der Waals surface area contributed by atoms with Gasteiger partial charge in [0, 0.05) is 17.7 Å². The van der Waals surface area contributed by atoms with E-state index in [9.17, 15) is 9.59 Å². The van der Waals surface area contributed by atoms with E-state index in [-0.39, 0.29) is 18.3 Å². The van der Waals surface area contributed by atoms with Crippen LogP contribution in [0.5, 0.6) is 5.75 Å². The van der Waals surface area contributed by atoms with E-state index in [1.807, 2.05) is 0 Å². The highest BCUT2D eigenvalue weighted by Crippen LogP contribution is 2.11. The van der Waals surface area contributed by atoms with Crippen molar-refractivity contribution in [1.82, 2.24) is 0 Å². The normalized spacial score (nSPS) is 10.1. The van der Waals surface area contributed by atoms with E-state index in [0.29, 0.717) is 23.5 Å². The van der Waals surface area contributed by atoms with Crippen LogP contribution in [0.3, 0.4) is 0 Å². The number of carbonyl (C=O) groups is 2. The molecule has 0 radical (unpaired) electrons. The van der Waals surface area contributed by atoms with Gasteiger partial charge >= 0.3 is 5.97 Å². The van der Waals surface area contributed by atoms with Crippen molar-refractivity contribution < 1.29 is 23.6 Å². The maximum Gasteiger partial charge on any atom is 0.338 e. The fourth-order valence-electron chi connectivity index (χ4n) is 1.95. The Morgan fingerprint density at radius 2 is 1.64 bits per heavy atom. The van der Waals surface area contributed by atoms with Crippen LogP contribution in [0.1, 0.15) is 27.6 Å². The van der Waals surface area contributed by atoms with Crippen LogP contribution < -0.4 is 9.30 Å². The number of ether oxygens (including phenoxy) is 2. The van der Waals surface area contributed by atoms with Crippen molar-refractivity contribution in [3.8, 4) is 5.75 Å². The quantitative estimate of drug-likeness (QED) is 0.465. The van der Waals surface area contributed by atoms with Gasteiger partial charge < -0.3 is 9.47 Å². The summed E-state index contributed by atoms with van der Waals surface area (Å²) in [6, 6.07) is 10.2. The van der Waals surface area contributed by atoms with E-state index in [0.717, 1.165) is 0 Å². The van der Waals surface area contributed by atoms with E-state index in [1.54, 1.807) is 67.4 Å². The average Bonchev–Trinajstić information content (AvgIpc) is 2.55. The molecule has 1 aromatic heterocycles. The number of esters is 1. The Morgan fingerprint density at radius 3 is 2.18 bits per heavy atom. The van der Waals surface area contributed by atoms with Gasteiger partial charge in [0.25, 0.3) is 0 Å². The molecule has 0 aliphatic rings. The number of hydrogen-bond donors (Lipinski definition) is 0. The molecule has 0 bridgehead atoms. The molecule has 0 spiro atoms. The Hall–Kier alpha value is -2.69. The second-order valence-electron chi connectivity index (χ2n) is 4.63. The molecule has 0 aliphatic heterocycles. The minimum atomic E-state index is -0.365. The number of Topliss-reactive ketones (excluding diaryl/α,β-unsaturated/α-hetero) is 1. The second-order valence-corrected chi connectivity index (χ2v) is 4.63. The SMILES string of the molecule is CCOC(=O)c1cc[n+](CC(=O)c2ccc(OC)cc2)cc1. The zero-order valence-electron chi connectivity index (χ0n) is 12.6. The Labute approximate surface area is 129 Å². The summed E-state index contributed by atoms with van der Waals surface area (Å²) >= 11 is 0. The number of nitrogens with zero attached hydrogens (tertiary/aromatic N) is 1. The van der Waals surface area contributed by atoms with E-state index < -0.39 is 0 Å². The first kappa shape index (κ1) is 15.7. The molecule has 114 valence electrons. The summed E-state index contributed by atoms with van der Waals surface area (Å²) in [6.45, 7) is 2.30. The fraction of sp³-hybridized carbons (Fsp3) is 0.235. The topological polar surface area (TPSA) is 56.5 Å². The number of benzene rings is 1. The van der Waals surface area contributed by atoms with Crippen molar-refractivity contribution in [1.29, 1.82) is 0 Å². The molecule has 0 saturated carbocycles. The fourth-order valence-corrected chi connectivity index (χ4v) is 1.95. The summed E-state index contributed by atoms with van der Waals surface area (Å²) in [4.78, 5) is 23.7. The van der Waals surface area contributed by atoms with Gasteiger partial charge in [0.1, 0.15) is 5.75 Å². The molecule has 0 fully saturated rings. The van der Waals surface area contributed by atoms with Gasteiger partial charge in [-0.2, -0.15) is 4.57 Å². The van der Waals surface area contributed by atoms with Crippen molar-refractivity contribution in [2.45, 2.75) is 13.5 Å². The van der Waals surface area contributed by atoms with Crippen molar-refractivity contribution in [2.24, 2.45) is 0 Å². The summed E-state index contributed by atoms with van der Waals surface area (Å²) in [5, 5.41) is 0. The third-order valence-electron chi connectivity index (χ3n) is 3.14. The van der Waals surface area contributed by atoms with Crippen LogP contribution in [-0.2, 0) is 11.3 Å². The first-order valence-electron chi connectivity index (χ1n) is 6.97. The lowest BCUT2D eigenvalue weighted by Gasteiger charge is -2.02. The van der Waals surface area contributed by atoms with Crippen LogP contribution in [0.25, 0.3) is 0 Å². The summed E-state index contributed by atoms with van der Waals surface area (Å²) in [5.74, 6) is 0.329. The molecule has 0 saturated heterocycles. The summed E-state index contributed by atoms with van der Waals surface area (Å²) in [6.07, 6.45) is 3.38. The van der Waals surface area contributed by atoms with Crippen LogP contribution in [0, 0.1) is 0 Å². The van der Waals surface area contributed by atoms with Gasteiger partial charge in [-0.05, 0) is 31.2 Å². The zero-order valence-corrected chi connectivity index (χ0v) is 12.6. The lowest BCUT2D eigenvalue weighted by Crippen LogP contribution is -2.37. The number of rotatable bonds is 6. The summed E-state index contributed by atoms with van der Waals surface area (Å²) in [5.41, 5.74) is 1.08. The molecule has 1 aromatic carbocycles. The molecule has 1 heterocycles. The largest absolute Gasteiger partial charge is 0.497 e. The molecular formula is C17H18NO4+. The lowest BCUT2D eigenvalue weighted by molar-refractivity contribution is -0.683. The van der Waals surface area contributed by atoms with E-state index in [2.05, 4.69) is 0 Å². The number of methoxy groups -OCH3 is 1. The van der Waals surface area contributed by atoms with Crippen molar-refractivity contribution in [2.75, 3.05) is 13.7 Å². The predicted molar refractivity (Wildman–Crippen MR) is 79.9 cm³/mol. The molecule has 2 aromatic rings. The standard InChI is InChI=1S/C17H18NO4/c1-3-22-17(20)14-8-10-18(11-9-14)12-16(19)13-4-6-15(21-2)7-5-13/h4-11H,3,12H2,1-2H3/q+1. The molecule has 2 rings (SSSR count). The van der Waals surface area contributed by atoms with Gasteiger partial charge in [-0.3, -0.25) is 4.79 Å². The van der Waals surface area contributed by atoms with Gasteiger partial charge in [0.05, 0.1) is 19.3 Å². The van der Waals surface area contributed by atoms with Crippen LogP contribution in [0.4, 0.5) is 0 Å². The molecule has 0 amide bonds. The maximum absolute atomic E-state index is 12.2. The Balaban J connectivity index is 2.03. The van der Waals surface area contributed by atoms with Crippen molar-refractivity contribution in [3.05, 3.63) is 59.9 Å². The molecule has 0 unspecified atom stereocenters. The highest BCUT2D eigenvalue weighted by atomic mass is 16.5. The smallest absolute Gasteiger partial charge is 0.338 e. The minimum absolute atomic E-state index is 0.0171. The van der Waals surface area contributed by atoms with Crippen LogP contribution in [-0.4, -0.2) is 25.5 Å². The molecular weight excluding hydrogens is 282 g/mol. The lowest BCUT2D eigenvalue weighted by atomic mass is 10.1. The molecule has 5 nitrogen and oxygen atoms in total. The highest BCUT2D eigenvalue weighted by molar-refractivity contribution is 5.95. The third-order valence-corrected chi connectivity index (χ3v) is 3.14. The van der Waals surface area contributed by atoms with Crippen LogP contribution in [0.2, 0.25) is 0 Å². The van der Waals surface area contributed by atoms with E-state index >= 15 is 0 Å². The van der Waals surface area contributed by atoms with Crippen LogP contribution in [0.15, 0.2) is 48.8 Å². The number of aromatic nitrogens is 1. The van der Waals surface area contributed by atoms with E-state index in [4.69, 9.17) is 9.47 Å². The number of ketones is 1. The van der Waals surface area contributed by atoms with E-state index in [1.165, 1.54) is 0 Å². The predicted octanol–water partition coefficient (Wildman–Crippen LogP) is 2.04. The Morgan fingerprint density at radius 1 is 1.00 bits per heavy atom. The van der Waals surface area contributed by atoms with Gasteiger partial charge in [-0.1, -0.05) is 0 Å². The highest BCUT2D eigenvalue weighted by Gasteiger charge is 2.14. The monoisotopic (exact) mass is 300 g/mol. The summed E-state index contributed by atoms with van der Waals surface area (Å²) in [7, 11) is 1.58. The van der Waals surface area contributed by atoms with Gasteiger partial charge in [-0.25, -0.2) is 4.79 Å². The van der Waals surface area contributed by atoms with Gasteiger partial charge in [-0.15, -0.1) is 0 Å². The Bertz CT molecular complexity index is 647. The zero-order chi connectivity index (χ0) is 15.9. The van der Waals surface area contributed by atoms with Gasteiger partial charge in [0.2, 0.25) is 12.3 Å². The van der Waals surface area contributed by atoms with Crippen LogP contribution >= 0.6 is 0 Å².